The molecular weight excluding hydrogens is 400 g/mol. The second-order valence-corrected chi connectivity index (χ2v) is 9.99. The Morgan fingerprint density at radius 2 is 1.70 bits per heavy atom. The van der Waals surface area contributed by atoms with Crippen LogP contribution in [0.2, 0.25) is 0 Å². The number of nitrogens with one attached hydrogen (secondary N) is 1. The van der Waals surface area contributed by atoms with Crippen LogP contribution in [0.3, 0.4) is 0 Å². The minimum Gasteiger partial charge on any atom is -0.484 e. The standard InChI is InChI=1S/C23H30N2O4S/c1-16-5-8-22(19(4)13-16)29-15-23(26)24-20-9-11-25(12-10-20)30(27,28)21-7-6-17(2)18(3)14-21/h5-8,13-14,20H,9-12,15H2,1-4H3,(H,24,26). The Kier molecular flexibility index (Phi) is 6.83. The minimum atomic E-state index is -3.51. The SMILES string of the molecule is Cc1ccc(OCC(=O)NC2CCN(S(=O)(=O)c3ccc(C)c(C)c3)CC2)c(C)c1. The van der Waals surface area contributed by atoms with E-state index < -0.39 is 10.0 Å². The van der Waals surface area contributed by atoms with E-state index >= 15 is 0 Å². The monoisotopic (exact) mass is 430 g/mol. The molecule has 0 aromatic heterocycles. The highest BCUT2D eigenvalue weighted by molar-refractivity contribution is 7.89. The zero-order valence-corrected chi connectivity index (χ0v) is 18.9. The molecule has 2 aromatic carbocycles. The Bertz CT molecular complexity index is 1030. The number of nitrogens with zero attached hydrogens (tertiary/aromatic N) is 1. The largest absolute Gasteiger partial charge is 0.484 e. The molecule has 1 saturated heterocycles. The highest BCUT2D eigenvalue weighted by Crippen LogP contribution is 2.23. The van der Waals surface area contributed by atoms with Crippen molar-refractivity contribution in [3.63, 3.8) is 0 Å². The van der Waals surface area contributed by atoms with E-state index in [9.17, 15) is 13.2 Å². The highest BCUT2D eigenvalue weighted by Gasteiger charge is 2.30. The lowest BCUT2D eigenvalue weighted by Crippen LogP contribution is -2.47. The van der Waals surface area contributed by atoms with Crippen molar-refractivity contribution in [2.45, 2.75) is 51.5 Å². The van der Waals surface area contributed by atoms with Gasteiger partial charge in [0, 0.05) is 19.1 Å². The number of piperidine rings is 1. The van der Waals surface area contributed by atoms with E-state index in [1.807, 2.05) is 52.0 Å². The summed E-state index contributed by atoms with van der Waals surface area (Å²) < 4.78 is 33.0. The van der Waals surface area contributed by atoms with Crippen LogP contribution >= 0.6 is 0 Å². The fourth-order valence-electron chi connectivity index (χ4n) is 3.64. The van der Waals surface area contributed by atoms with Crippen molar-refractivity contribution in [1.29, 1.82) is 0 Å². The Labute approximate surface area is 179 Å². The smallest absolute Gasteiger partial charge is 0.258 e. The molecule has 0 spiro atoms. The van der Waals surface area contributed by atoms with Crippen LogP contribution in [0.5, 0.6) is 5.75 Å². The molecule has 2 aromatic rings. The lowest BCUT2D eigenvalue weighted by atomic mass is 10.1. The summed E-state index contributed by atoms with van der Waals surface area (Å²) in [7, 11) is -3.51. The summed E-state index contributed by atoms with van der Waals surface area (Å²) in [4.78, 5) is 12.6. The Morgan fingerprint density at radius 1 is 1.00 bits per heavy atom. The quantitative estimate of drug-likeness (QED) is 0.763. The van der Waals surface area contributed by atoms with E-state index in [1.54, 1.807) is 12.1 Å². The van der Waals surface area contributed by atoms with Gasteiger partial charge in [0.05, 0.1) is 4.90 Å². The van der Waals surface area contributed by atoms with E-state index in [0.29, 0.717) is 36.6 Å². The number of aryl methyl sites for hydroxylation is 4. The third-order valence-electron chi connectivity index (χ3n) is 5.62. The van der Waals surface area contributed by atoms with Gasteiger partial charge in [-0.05, 0) is 75.4 Å². The van der Waals surface area contributed by atoms with E-state index in [0.717, 1.165) is 22.3 Å². The number of carbonyl (C=O) groups is 1. The van der Waals surface area contributed by atoms with Crippen molar-refractivity contribution in [2.75, 3.05) is 19.7 Å². The fourth-order valence-corrected chi connectivity index (χ4v) is 5.19. The van der Waals surface area contributed by atoms with Gasteiger partial charge in [0.2, 0.25) is 10.0 Å². The van der Waals surface area contributed by atoms with Gasteiger partial charge in [-0.2, -0.15) is 4.31 Å². The number of benzene rings is 2. The van der Waals surface area contributed by atoms with E-state index in [4.69, 9.17) is 4.74 Å². The topological polar surface area (TPSA) is 75.7 Å². The van der Waals surface area contributed by atoms with Crippen LogP contribution in [-0.4, -0.2) is 44.4 Å². The highest BCUT2D eigenvalue weighted by atomic mass is 32.2. The molecule has 0 unspecified atom stereocenters. The summed E-state index contributed by atoms with van der Waals surface area (Å²) in [5.74, 6) is 0.510. The summed E-state index contributed by atoms with van der Waals surface area (Å²) >= 11 is 0. The average molecular weight is 431 g/mol. The normalized spacial score (nSPS) is 15.7. The molecule has 0 radical (unpaired) electrons. The predicted molar refractivity (Wildman–Crippen MR) is 117 cm³/mol. The van der Waals surface area contributed by atoms with Gasteiger partial charge in [0.15, 0.2) is 6.61 Å². The van der Waals surface area contributed by atoms with E-state index in [2.05, 4.69) is 5.32 Å². The van der Waals surface area contributed by atoms with Crippen molar-refractivity contribution in [3.8, 4) is 5.75 Å². The van der Waals surface area contributed by atoms with Crippen LogP contribution < -0.4 is 10.1 Å². The third-order valence-corrected chi connectivity index (χ3v) is 7.52. The van der Waals surface area contributed by atoms with Gasteiger partial charge >= 0.3 is 0 Å². The zero-order chi connectivity index (χ0) is 21.9. The molecule has 1 aliphatic rings. The van der Waals surface area contributed by atoms with Crippen LogP contribution in [0.4, 0.5) is 0 Å². The average Bonchev–Trinajstić information content (AvgIpc) is 2.69. The number of hydrogen-bond donors (Lipinski definition) is 1. The third kappa shape index (κ3) is 5.21. The molecule has 1 fully saturated rings. The van der Waals surface area contributed by atoms with Crippen molar-refractivity contribution in [2.24, 2.45) is 0 Å². The minimum absolute atomic E-state index is 0.0496. The summed E-state index contributed by atoms with van der Waals surface area (Å²) in [5, 5.41) is 2.96. The summed E-state index contributed by atoms with van der Waals surface area (Å²) in [6.45, 7) is 8.56. The Hall–Kier alpha value is -2.38. The number of amides is 1. The van der Waals surface area contributed by atoms with Crippen LogP contribution in [0, 0.1) is 27.7 Å². The fraction of sp³-hybridized carbons (Fsp3) is 0.435. The number of carbonyl (C=O) groups excluding carboxylic acids is 1. The van der Waals surface area contributed by atoms with Crippen LogP contribution in [-0.2, 0) is 14.8 Å². The molecular formula is C23H30N2O4S. The number of ether oxygens (including phenoxy) is 1. The van der Waals surface area contributed by atoms with E-state index in [1.165, 1.54) is 4.31 Å². The first kappa shape index (κ1) is 22.3. The molecule has 1 aliphatic heterocycles. The molecule has 1 N–H and O–H groups in total. The number of rotatable bonds is 6. The molecule has 1 heterocycles. The van der Waals surface area contributed by atoms with Gasteiger partial charge in [0.1, 0.15) is 5.75 Å². The summed E-state index contributed by atoms with van der Waals surface area (Å²) in [5.41, 5.74) is 4.17. The second-order valence-electron chi connectivity index (χ2n) is 8.05. The first-order valence-electron chi connectivity index (χ1n) is 10.2. The molecule has 3 rings (SSSR count). The predicted octanol–water partition coefficient (Wildman–Crippen LogP) is 3.27. The maximum atomic E-state index is 12.9. The van der Waals surface area contributed by atoms with Crippen LogP contribution in [0.15, 0.2) is 41.3 Å². The van der Waals surface area contributed by atoms with E-state index in [-0.39, 0.29) is 18.6 Å². The molecule has 30 heavy (non-hydrogen) atoms. The van der Waals surface area contributed by atoms with Crippen LogP contribution in [0.1, 0.15) is 35.1 Å². The maximum Gasteiger partial charge on any atom is 0.258 e. The lowest BCUT2D eigenvalue weighted by molar-refractivity contribution is -0.124. The van der Waals surface area contributed by atoms with Gasteiger partial charge in [-0.15, -0.1) is 0 Å². The van der Waals surface area contributed by atoms with Gasteiger partial charge in [-0.1, -0.05) is 23.8 Å². The summed E-state index contributed by atoms with van der Waals surface area (Å²) in [6.07, 6.45) is 1.17. The zero-order valence-electron chi connectivity index (χ0n) is 18.1. The number of hydrogen-bond acceptors (Lipinski definition) is 4. The van der Waals surface area contributed by atoms with Gasteiger partial charge < -0.3 is 10.1 Å². The Balaban J connectivity index is 1.51. The summed E-state index contributed by atoms with van der Waals surface area (Å²) in [6, 6.07) is 11.0. The maximum absolute atomic E-state index is 12.9. The van der Waals surface area contributed by atoms with Crippen LogP contribution in [0.25, 0.3) is 0 Å². The van der Waals surface area contributed by atoms with Gasteiger partial charge in [-0.3, -0.25) is 4.79 Å². The molecule has 162 valence electrons. The van der Waals surface area contributed by atoms with Crippen molar-refractivity contribution in [3.05, 3.63) is 58.7 Å². The molecule has 0 bridgehead atoms. The molecule has 0 saturated carbocycles. The first-order valence-corrected chi connectivity index (χ1v) is 11.7. The van der Waals surface area contributed by atoms with Gasteiger partial charge in [-0.25, -0.2) is 8.42 Å². The molecule has 0 atom stereocenters. The van der Waals surface area contributed by atoms with Crippen molar-refractivity contribution < 1.29 is 17.9 Å². The molecule has 7 heteroatoms. The number of sulfonamides is 1. The lowest BCUT2D eigenvalue weighted by Gasteiger charge is -2.31. The van der Waals surface area contributed by atoms with Gasteiger partial charge in [0.25, 0.3) is 5.91 Å². The molecule has 1 amide bonds. The first-order chi connectivity index (χ1) is 14.2. The Morgan fingerprint density at radius 3 is 2.33 bits per heavy atom. The molecule has 0 aliphatic carbocycles. The second kappa shape index (κ2) is 9.18. The van der Waals surface area contributed by atoms with Crippen molar-refractivity contribution >= 4 is 15.9 Å². The van der Waals surface area contributed by atoms with Crippen molar-refractivity contribution in [1.82, 2.24) is 9.62 Å². The molecule has 6 nitrogen and oxygen atoms in total.